The number of hydrogen-bond acceptors (Lipinski definition) is 3. The van der Waals surface area contributed by atoms with Crippen LogP contribution in [0.15, 0.2) is 0 Å². The molecule has 0 saturated carbocycles. The van der Waals surface area contributed by atoms with Crippen LogP contribution in [0.1, 0.15) is 0 Å². The van der Waals surface area contributed by atoms with Gasteiger partial charge in [0.05, 0.1) is 6.61 Å². The number of nitrogens with zero attached hydrogens (tertiary/aromatic N) is 1. The fourth-order valence-electron chi connectivity index (χ4n) is 0.722. The van der Waals surface area contributed by atoms with Gasteiger partial charge in [-0.3, -0.25) is 0 Å². The number of nitrogens with one attached hydrogen (secondary N) is 1. The second kappa shape index (κ2) is 7.81. The van der Waals surface area contributed by atoms with Crippen molar-refractivity contribution in [2.75, 3.05) is 26.2 Å². The Morgan fingerprint density at radius 2 is 1.92 bits per heavy atom. The normalized spacial score (nSPS) is 9.46. The molecule has 0 bridgehead atoms. The molecule has 0 heterocycles. The lowest BCUT2D eigenvalue weighted by molar-refractivity contribution is 0.254. The molecule has 0 aliphatic carbocycles. The van der Waals surface area contributed by atoms with Crippen LogP contribution in [0.5, 0.6) is 0 Å². The molecule has 0 amide bonds. The van der Waals surface area contributed by atoms with Crippen molar-refractivity contribution >= 4 is 58.3 Å². The van der Waals surface area contributed by atoms with Crippen LogP contribution in [-0.4, -0.2) is 44.9 Å². The lowest BCUT2D eigenvalue weighted by atomic mass is 10.5. The molecule has 0 aliphatic heterocycles. The van der Waals surface area contributed by atoms with Crippen molar-refractivity contribution < 1.29 is 5.11 Å². The van der Waals surface area contributed by atoms with Crippen molar-refractivity contribution in [3.8, 4) is 0 Å². The second-order valence-electron chi connectivity index (χ2n) is 2.23. The van der Waals surface area contributed by atoms with Gasteiger partial charge in [0.1, 0.15) is 8.64 Å². The number of aliphatic hydroxyl groups is 1. The SMILES string of the molecule is OCCN(CCNC(=S)S)C(=S)S. The van der Waals surface area contributed by atoms with Gasteiger partial charge in [0.15, 0.2) is 0 Å². The summed E-state index contributed by atoms with van der Waals surface area (Å²) in [5.74, 6) is 0. The van der Waals surface area contributed by atoms with Gasteiger partial charge in [0.25, 0.3) is 0 Å². The molecule has 2 N–H and O–H groups in total. The molecular formula is C6H12N2OS4. The average Bonchev–Trinajstić information content (AvgIpc) is 2.02. The summed E-state index contributed by atoms with van der Waals surface area (Å²) in [7, 11) is 0. The largest absolute Gasteiger partial charge is 0.395 e. The minimum Gasteiger partial charge on any atom is -0.395 e. The summed E-state index contributed by atoms with van der Waals surface area (Å²) in [5, 5.41) is 11.6. The van der Waals surface area contributed by atoms with Crippen LogP contribution in [0, 0.1) is 0 Å². The molecule has 3 nitrogen and oxygen atoms in total. The van der Waals surface area contributed by atoms with E-state index in [0.29, 0.717) is 28.3 Å². The van der Waals surface area contributed by atoms with E-state index < -0.39 is 0 Å². The predicted molar refractivity (Wildman–Crippen MR) is 69.8 cm³/mol. The molecule has 13 heavy (non-hydrogen) atoms. The van der Waals surface area contributed by atoms with Gasteiger partial charge in [-0.1, -0.05) is 24.4 Å². The maximum atomic E-state index is 8.70. The van der Waals surface area contributed by atoms with E-state index in [-0.39, 0.29) is 6.61 Å². The van der Waals surface area contributed by atoms with Crippen LogP contribution in [0.3, 0.4) is 0 Å². The summed E-state index contributed by atoms with van der Waals surface area (Å²) >= 11 is 17.5. The van der Waals surface area contributed by atoms with E-state index in [1.54, 1.807) is 4.90 Å². The van der Waals surface area contributed by atoms with E-state index in [9.17, 15) is 0 Å². The standard InChI is InChI=1S/C6H12N2OS4/c9-4-3-8(6(12)13)2-1-7-5(10)11/h9H,1-4H2,(H,12,13)(H2,7,10,11). The number of thiocarbonyl (C=S) groups is 2. The van der Waals surface area contributed by atoms with Crippen LogP contribution in [0.25, 0.3) is 0 Å². The average molecular weight is 256 g/mol. The van der Waals surface area contributed by atoms with Gasteiger partial charge in [-0.05, 0) is 0 Å². The van der Waals surface area contributed by atoms with Crippen molar-refractivity contribution in [3.63, 3.8) is 0 Å². The highest BCUT2D eigenvalue weighted by molar-refractivity contribution is 8.11. The molecule has 0 aliphatic rings. The minimum absolute atomic E-state index is 0.0615. The Kier molecular flexibility index (Phi) is 8.07. The maximum Gasteiger partial charge on any atom is 0.133 e. The molecule has 0 unspecified atom stereocenters. The lowest BCUT2D eigenvalue weighted by Crippen LogP contribution is -2.36. The van der Waals surface area contributed by atoms with Gasteiger partial charge in [0.2, 0.25) is 0 Å². The van der Waals surface area contributed by atoms with Gasteiger partial charge in [-0.15, -0.1) is 25.3 Å². The van der Waals surface area contributed by atoms with Gasteiger partial charge in [-0.25, -0.2) is 0 Å². The zero-order valence-electron chi connectivity index (χ0n) is 6.93. The van der Waals surface area contributed by atoms with Crippen LogP contribution in [0.4, 0.5) is 0 Å². The van der Waals surface area contributed by atoms with Gasteiger partial charge >= 0.3 is 0 Å². The Bertz CT molecular complexity index is 187. The Balaban J connectivity index is 3.69. The van der Waals surface area contributed by atoms with Crippen molar-refractivity contribution in [2.45, 2.75) is 0 Å². The Morgan fingerprint density at radius 1 is 1.31 bits per heavy atom. The third kappa shape index (κ3) is 7.51. The first-order valence-corrected chi connectivity index (χ1v) is 5.34. The summed E-state index contributed by atoms with van der Waals surface area (Å²) in [4.78, 5) is 1.78. The predicted octanol–water partition coefficient (Wildman–Crippen LogP) is 0.300. The third-order valence-corrected chi connectivity index (χ3v) is 2.14. The summed E-state index contributed by atoms with van der Waals surface area (Å²) < 4.78 is 0.926. The Hall–Kier alpha value is 0.440. The van der Waals surface area contributed by atoms with Crippen molar-refractivity contribution in [1.29, 1.82) is 0 Å². The molecule has 7 heteroatoms. The second-order valence-corrected chi connectivity index (χ2v) is 4.50. The number of thiol groups is 2. The van der Waals surface area contributed by atoms with E-state index in [1.165, 1.54) is 0 Å². The van der Waals surface area contributed by atoms with Gasteiger partial charge in [0, 0.05) is 19.6 Å². The highest BCUT2D eigenvalue weighted by Gasteiger charge is 2.04. The molecule has 0 radical (unpaired) electrons. The monoisotopic (exact) mass is 256 g/mol. The van der Waals surface area contributed by atoms with Crippen molar-refractivity contribution in [1.82, 2.24) is 10.2 Å². The fourth-order valence-corrected chi connectivity index (χ4v) is 1.32. The first-order chi connectivity index (χ1) is 6.07. The molecule has 0 saturated heterocycles. The molecule has 0 aromatic rings. The van der Waals surface area contributed by atoms with E-state index in [0.717, 1.165) is 0 Å². The number of rotatable bonds is 5. The zero-order valence-corrected chi connectivity index (χ0v) is 10.4. The van der Waals surface area contributed by atoms with Crippen LogP contribution >= 0.6 is 49.7 Å². The quantitative estimate of drug-likeness (QED) is 0.420. The van der Waals surface area contributed by atoms with Crippen LogP contribution < -0.4 is 5.32 Å². The smallest absolute Gasteiger partial charge is 0.133 e. The molecule has 0 aromatic carbocycles. The van der Waals surface area contributed by atoms with Gasteiger partial charge < -0.3 is 15.3 Å². The Morgan fingerprint density at radius 3 is 2.31 bits per heavy atom. The molecule has 0 aromatic heterocycles. The van der Waals surface area contributed by atoms with Gasteiger partial charge in [-0.2, -0.15) is 0 Å². The maximum absolute atomic E-state index is 8.70. The summed E-state index contributed by atoms with van der Waals surface area (Å²) in [6.45, 7) is 1.85. The summed E-state index contributed by atoms with van der Waals surface area (Å²) in [5.41, 5.74) is 0. The molecule has 76 valence electrons. The highest BCUT2D eigenvalue weighted by atomic mass is 32.1. The van der Waals surface area contributed by atoms with Crippen molar-refractivity contribution in [3.05, 3.63) is 0 Å². The molecule has 0 fully saturated rings. The first-order valence-electron chi connectivity index (χ1n) is 3.63. The topological polar surface area (TPSA) is 35.5 Å². The lowest BCUT2D eigenvalue weighted by Gasteiger charge is -2.21. The third-order valence-electron chi connectivity index (χ3n) is 1.30. The molecule has 0 spiro atoms. The number of hydrogen-bond donors (Lipinski definition) is 4. The van der Waals surface area contributed by atoms with E-state index >= 15 is 0 Å². The van der Waals surface area contributed by atoms with E-state index in [2.05, 4.69) is 30.6 Å². The molecule has 0 atom stereocenters. The van der Waals surface area contributed by atoms with Crippen LogP contribution in [0.2, 0.25) is 0 Å². The van der Waals surface area contributed by atoms with E-state index in [4.69, 9.17) is 29.5 Å². The zero-order chi connectivity index (χ0) is 10.3. The summed E-state index contributed by atoms with van der Waals surface area (Å²) in [6, 6.07) is 0. The van der Waals surface area contributed by atoms with Crippen molar-refractivity contribution in [2.24, 2.45) is 0 Å². The molecular weight excluding hydrogens is 244 g/mol. The van der Waals surface area contributed by atoms with E-state index in [1.807, 2.05) is 0 Å². The minimum atomic E-state index is 0.0615. The van der Waals surface area contributed by atoms with Crippen LogP contribution in [-0.2, 0) is 0 Å². The first kappa shape index (κ1) is 13.4. The fraction of sp³-hybridized carbons (Fsp3) is 0.667. The Labute approximate surface area is 99.7 Å². The number of aliphatic hydroxyl groups excluding tert-OH is 1. The summed E-state index contributed by atoms with van der Waals surface area (Å²) in [6.07, 6.45) is 0. The molecule has 0 rings (SSSR count). The highest BCUT2D eigenvalue weighted by Crippen LogP contribution is 1.95.